The zero-order chi connectivity index (χ0) is 16.5. The Balaban J connectivity index is 4.47. The second-order valence-corrected chi connectivity index (χ2v) is 9.69. The number of guanidine groups is 1. The van der Waals surface area contributed by atoms with Crippen LogP contribution in [-0.2, 0) is 19.7 Å². The van der Waals surface area contributed by atoms with Crippen molar-refractivity contribution in [3.8, 4) is 0 Å². The lowest BCUT2D eigenvalue weighted by atomic mass is 10.3. The first-order valence-corrected chi connectivity index (χ1v) is 10.9. The van der Waals surface area contributed by atoms with E-state index < -0.39 is 19.7 Å². The molecule has 0 heterocycles. The summed E-state index contributed by atoms with van der Waals surface area (Å²) in [4.78, 5) is 4.20. The maximum absolute atomic E-state index is 11.4. The molecule has 0 rings (SSSR count). The molecule has 0 spiro atoms. The Bertz CT molecular complexity index is 527. The van der Waals surface area contributed by atoms with Gasteiger partial charge in [0.2, 0.25) is 0 Å². The van der Waals surface area contributed by atoms with E-state index in [1.54, 1.807) is 6.92 Å². The molecule has 0 aliphatic carbocycles. The molecule has 1 atom stereocenters. The predicted octanol–water partition coefficient (Wildman–Crippen LogP) is -0.201. The number of aliphatic imine (C=N–C) groups is 1. The van der Waals surface area contributed by atoms with E-state index in [9.17, 15) is 16.8 Å². The summed E-state index contributed by atoms with van der Waals surface area (Å²) in [7, 11) is -6.02. The lowest BCUT2D eigenvalue weighted by Crippen LogP contribution is -2.43. The molecule has 0 radical (unpaired) electrons. The average Bonchev–Trinajstić information content (AvgIpc) is 2.35. The van der Waals surface area contributed by atoms with Crippen LogP contribution in [0.2, 0.25) is 0 Å². The van der Waals surface area contributed by atoms with Crippen LogP contribution in [0.1, 0.15) is 27.2 Å². The van der Waals surface area contributed by atoms with E-state index in [1.165, 1.54) is 6.26 Å². The van der Waals surface area contributed by atoms with Gasteiger partial charge in [-0.2, -0.15) is 0 Å². The van der Waals surface area contributed by atoms with Crippen LogP contribution in [0, 0.1) is 0 Å². The van der Waals surface area contributed by atoms with Gasteiger partial charge in [-0.3, -0.25) is 4.99 Å². The minimum absolute atomic E-state index is 0.0117. The minimum Gasteiger partial charge on any atom is -0.357 e. The molecule has 0 aromatic carbocycles. The Morgan fingerprint density at radius 2 is 1.76 bits per heavy atom. The number of rotatable bonds is 9. The highest BCUT2D eigenvalue weighted by Gasteiger charge is 2.10. The molecular formula is C12H27N3O4S2. The maximum atomic E-state index is 11.4. The smallest absolute Gasteiger partial charge is 0.191 e. The molecule has 21 heavy (non-hydrogen) atoms. The van der Waals surface area contributed by atoms with Crippen molar-refractivity contribution in [1.82, 2.24) is 10.6 Å². The van der Waals surface area contributed by atoms with Crippen molar-refractivity contribution >= 4 is 25.6 Å². The summed E-state index contributed by atoms with van der Waals surface area (Å²) in [6.07, 6.45) is 1.67. The van der Waals surface area contributed by atoms with Crippen molar-refractivity contribution in [2.45, 2.75) is 33.2 Å². The summed E-state index contributed by atoms with van der Waals surface area (Å²) in [6.45, 7) is 6.20. The van der Waals surface area contributed by atoms with E-state index in [0.717, 1.165) is 0 Å². The number of hydrogen-bond donors (Lipinski definition) is 2. The zero-order valence-electron chi connectivity index (χ0n) is 13.2. The molecular weight excluding hydrogens is 314 g/mol. The SMILES string of the molecule is CCNC(=NCCS(=O)(=O)CC)NC(C)CCS(C)(=O)=O. The molecule has 0 amide bonds. The molecule has 2 N–H and O–H groups in total. The number of nitrogens with one attached hydrogen (secondary N) is 2. The van der Waals surface area contributed by atoms with E-state index in [0.29, 0.717) is 18.9 Å². The molecule has 0 aliphatic rings. The molecule has 0 aliphatic heterocycles. The Hall–Kier alpha value is -0.830. The molecule has 0 bridgehead atoms. The first kappa shape index (κ1) is 20.2. The van der Waals surface area contributed by atoms with Gasteiger partial charge in [-0.15, -0.1) is 0 Å². The fourth-order valence-corrected chi connectivity index (χ4v) is 2.90. The first-order chi connectivity index (χ1) is 9.59. The molecule has 0 saturated heterocycles. The zero-order valence-corrected chi connectivity index (χ0v) is 14.8. The van der Waals surface area contributed by atoms with Gasteiger partial charge in [0, 0.05) is 24.6 Å². The average molecular weight is 341 g/mol. The summed E-state index contributed by atoms with van der Waals surface area (Å²) in [5.74, 6) is 0.727. The van der Waals surface area contributed by atoms with E-state index in [-0.39, 0.29) is 29.8 Å². The highest BCUT2D eigenvalue weighted by molar-refractivity contribution is 7.91. The van der Waals surface area contributed by atoms with Crippen molar-refractivity contribution in [3.63, 3.8) is 0 Å². The third-order valence-electron chi connectivity index (χ3n) is 2.76. The standard InChI is InChI=1S/C12H27N3O4S2/c1-5-13-12(14-8-10-21(18,19)6-2)15-11(3)7-9-20(4,16)17/h11H,5-10H2,1-4H3,(H2,13,14,15). The highest BCUT2D eigenvalue weighted by Crippen LogP contribution is 1.96. The van der Waals surface area contributed by atoms with Crippen LogP contribution < -0.4 is 10.6 Å². The molecule has 0 aromatic rings. The van der Waals surface area contributed by atoms with E-state index in [4.69, 9.17) is 0 Å². The Morgan fingerprint density at radius 1 is 1.14 bits per heavy atom. The summed E-state index contributed by atoms with van der Waals surface area (Å²) >= 11 is 0. The summed E-state index contributed by atoms with van der Waals surface area (Å²) < 4.78 is 45.0. The number of sulfone groups is 2. The van der Waals surface area contributed by atoms with Gasteiger partial charge in [-0.05, 0) is 20.3 Å². The van der Waals surface area contributed by atoms with Crippen LogP contribution in [0.15, 0.2) is 4.99 Å². The Kier molecular flexibility index (Phi) is 8.88. The van der Waals surface area contributed by atoms with Gasteiger partial charge < -0.3 is 10.6 Å². The summed E-state index contributed by atoms with van der Waals surface area (Å²) in [6, 6.07) is -0.0692. The molecule has 0 fully saturated rings. The van der Waals surface area contributed by atoms with Crippen molar-refractivity contribution in [2.75, 3.05) is 36.6 Å². The maximum Gasteiger partial charge on any atom is 0.191 e. The van der Waals surface area contributed by atoms with Crippen LogP contribution in [0.3, 0.4) is 0 Å². The minimum atomic E-state index is -3.03. The van der Waals surface area contributed by atoms with Crippen LogP contribution in [0.25, 0.3) is 0 Å². The molecule has 9 heteroatoms. The van der Waals surface area contributed by atoms with Crippen LogP contribution in [0.4, 0.5) is 0 Å². The van der Waals surface area contributed by atoms with Crippen LogP contribution >= 0.6 is 0 Å². The molecule has 126 valence electrons. The van der Waals surface area contributed by atoms with Gasteiger partial charge in [-0.25, -0.2) is 16.8 Å². The topological polar surface area (TPSA) is 105 Å². The third kappa shape index (κ3) is 11.5. The normalized spacial score (nSPS) is 14.8. The molecule has 1 unspecified atom stereocenters. The molecule has 0 saturated carbocycles. The van der Waals surface area contributed by atoms with Crippen molar-refractivity contribution < 1.29 is 16.8 Å². The van der Waals surface area contributed by atoms with Gasteiger partial charge in [0.05, 0.1) is 18.1 Å². The van der Waals surface area contributed by atoms with Gasteiger partial charge >= 0.3 is 0 Å². The predicted molar refractivity (Wildman–Crippen MR) is 87.2 cm³/mol. The van der Waals surface area contributed by atoms with Gasteiger partial charge in [0.15, 0.2) is 15.8 Å². The first-order valence-electron chi connectivity index (χ1n) is 7.02. The van der Waals surface area contributed by atoms with E-state index in [2.05, 4.69) is 15.6 Å². The van der Waals surface area contributed by atoms with Crippen molar-refractivity contribution in [3.05, 3.63) is 0 Å². The lowest BCUT2D eigenvalue weighted by molar-refractivity contribution is 0.580. The highest BCUT2D eigenvalue weighted by atomic mass is 32.2. The van der Waals surface area contributed by atoms with Crippen LogP contribution in [0.5, 0.6) is 0 Å². The largest absolute Gasteiger partial charge is 0.357 e. The second-order valence-electron chi connectivity index (χ2n) is 4.96. The Morgan fingerprint density at radius 3 is 2.24 bits per heavy atom. The summed E-state index contributed by atoms with van der Waals surface area (Å²) in [5, 5.41) is 6.08. The molecule has 0 aromatic heterocycles. The summed E-state index contributed by atoms with van der Waals surface area (Å²) in [5.41, 5.74) is 0. The third-order valence-corrected chi connectivity index (χ3v) is 5.42. The number of nitrogens with zero attached hydrogens (tertiary/aromatic N) is 1. The number of hydrogen-bond acceptors (Lipinski definition) is 5. The quantitative estimate of drug-likeness (QED) is 0.444. The fourth-order valence-electron chi connectivity index (χ4n) is 1.46. The van der Waals surface area contributed by atoms with Gasteiger partial charge in [0.25, 0.3) is 0 Å². The second kappa shape index (κ2) is 9.24. The van der Waals surface area contributed by atoms with E-state index in [1.807, 2.05) is 13.8 Å². The van der Waals surface area contributed by atoms with Crippen LogP contribution in [-0.4, -0.2) is 65.4 Å². The lowest BCUT2D eigenvalue weighted by Gasteiger charge is -2.17. The van der Waals surface area contributed by atoms with Crippen molar-refractivity contribution in [1.29, 1.82) is 0 Å². The van der Waals surface area contributed by atoms with Gasteiger partial charge in [0.1, 0.15) is 9.84 Å². The van der Waals surface area contributed by atoms with Gasteiger partial charge in [-0.1, -0.05) is 6.92 Å². The van der Waals surface area contributed by atoms with E-state index >= 15 is 0 Å². The Labute approximate surface area is 128 Å². The molecule has 7 nitrogen and oxygen atoms in total. The fraction of sp³-hybridized carbons (Fsp3) is 0.917. The van der Waals surface area contributed by atoms with Crippen molar-refractivity contribution in [2.24, 2.45) is 4.99 Å². The monoisotopic (exact) mass is 341 g/mol.